The predicted molar refractivity (Wildman–Crippen MR) is 80.5 cm³/mol. The number of nitrogens with one attached hydrogen (secondary N) is 1. The van der Waals surface area contributed by atoms with E-state index in [2.05, 4.69) is 10.2 Å². The Kier molecular flexibility index (Phi) is 4.29. The molecule has 1 saturated carbocycles. The van der Waals surface area contributed by atoms with Crippen LogP contribution in [0.25, 0.3) is 0 Å². The highest BCUT2D eigenvalue weighted by Gasteiger charge is 2.39. The SMILES string of the molecule is Fc1ccc(CN2CCNCC23CCCCC3)c(Cl)c1. The maximum atomic E-state index is 13.2. The van der Waals surface area contributed by atoms with Crippen LogP contribution in [0.3, 0.4) is 0 Å². The highest BCUT2D eigenvalue weighted by Crippen LogP contribution is 2.36. The number of benzene rings is 1. The van der Waals surface area contributed by atoms with Gasteiger partial charge in [-0.3, -0.25) is 4.90 Å². The summed E-state index contributed by atoms with van der Waals surface area (Å²) >= 11 is 6.19. The lowest BCUT2D eigenvalue weighted by molar-refractivity contribution is 0.0209. The molecule has 1 aromatic carbocycles. The normalized spacial score (nSPS) is 23.1. The van der Waals surface area contributed by atoms with Crippen LogP contribution in [-0.4, -0.2) is 30.1 Å². The Morgan fingerprint density at radius 1 is 1.25 bits per heavy atom. The Morgan fingerprint density at radius 2 is 2.05 bits per heavy atom. The van der Waals surface area contributed by atoms with Crippen LogP contribution in [0.15, 0.2) is 18.2 Å². The van der Waals surface area contributed by atoms with Crippen molar-refractivity contribution in [3.05, 3.63) is 34.6 Å². The quantitative estimate of drug-likeness (QED) is 0.897. The second-order valence-electron chi connectivity index (χ2n) is 6.12. The second-order valence-corrected chi connectivity index (χ2v) is 6.53. The average molecular weight is 297 g/mol. The molecule has 0 unspecified atom stereocenters. The van der Waals surface area contributed by atoms with E-state index in [1.54, 1.807) is 0 Å². The van der Waals surface area contributed by atoms with Crippen molar-refractivity contribution in [2.45, 2.75) is 44.2 Å². The lowest BCUT2D eigenvalue weighted by Crippen LogP contribution is -2.61. The fraction of sp³-hybridized carbons (Fsp3) is 0.625. The van der Waals surface area contributed by atoms with Crippen LogP contribution in [0, 0.1) is 5.82 Å². The zero-order chi connectivity index (χ0) is 14.0. The molecule has 0 aromatic heterocycles. The maximum absolute atomic E-state index is 13.2. The molecule has 0 atom stereocenters. The minimum absolute atomic E-state index is 0.258. The van der Waals surface area contributed by atoms with E-state index in [9.17, 15) is 4.39 Å². The summed E-state index contributed by atoms with van der Waals surface area (Å²) in [6, 6.07) is 4.76. The van der Waals surface area contributed by atoms with Gasteiger partial charge in [-0.15, -0.1) is 0 Å². The van der Waals surface area contributed by atoms with Gasteiger partial charge in [0.05, 0.1) is 0 Å². The first kappa shape index (κ1) is 14.3. The molecule has 2 aliphatic rings. The van der Waals surface area contributed by atoms with Crippen LogP contribution in [0.4, 0.5) is 4.39 Å². The van der Waals surface area contributed by atoms with E-state index >= 15 is 0 Å². The summed E-state index contributed by atoms with van der Waals surface area (Å²) in [5, 5.41) is 4.10. The number of halogens is 2. The summed E-state index contributed by atoms with van der Waals surface area (Å²) in [5.41, 5.74) is 1.33. The molecule has 1 spiro atoms. The van der Waals surface area contributed by atoms with Gasteiger partial charge >= 0.3 is 0 Å². The van der Waals surface area contributed by atoms with Crippen molar-refractivity contribution in [2.24, 2.45) is 0 Å². The molecule has 0 radical (unpaired) electrons. The van der Waals surface area contributed by atoms with Gasteiger partial charge in [0, 0.05) is 36.7 Å². The summed E-state index contributed by atoms with van der Waals surface area (Å²) in [5.74, 6) is -0.258. The third-order valence-corrected chi connectivity index (χ3v) is 5.20. The first-order chi connectivity index (χ1) is 9.70. The maximum Gasteiger partial charge on any atom is 0.124 e. The molecule has 2 fully saturated rings. The molecule has 1 heterocycles. The molecule has 0 bridgehead atoms. The monoisotopic (exact) mass is 296 g/mol. The van der Waals surface area contributed by atoms with Crippen molar-refractivity contribution in [3.8, 4) is 0 Å². The Morgan fingerprint density at radius 3 is 2.80 bits per heavy atom. The van der Waals surface area contributed by atoms with E-state index in [4.69, 9.17) is 11.6 Å². The molecule has 3 rings (SSSR count). The van der Waals surface area contributed by atoms with Gasteiger partial charge in [0.1, 0.15) is 5.82 Å². The molecule has 1 saturated heterocycles. The van der Waals surface area contributed by atoms with Gasteiger partial charge in [0.15, 0.2) is 0 Å². The molecular formula is C16H22ClFN2. The zero-order valence-electron chi connectivity index (χ0n) is 11.8. The smallest absolute Gasteiger partial charge is 0.124 e. The van der Waals surface area contributed by atoms with Crippen LogP contribution in [0.2, 0.25) is 5.02 Å². The number of nitrogens with zero attached hydrogens (tertiary/aromatic N) is 1. The first-order valence-corrected chi connectivity index (χ1v) is 7.97. The molecule has 0 amide bonds. The molecule has 1 aromatic rings. The number of rotatable bonds is 2. The van der Waals surface area contributed by atoms with Gasteiger partial charge in [-0.1, -0.05) is 36.9 Å². The molecule has 1 aliphatic carbocycles. The van der Waals surface area contributed by atoms with Gasteiger partial charge in [-0.05, 0) is 30.5 Å². The summed E-state index contributed by atoms with van der Waals surface area (Å²) < 4.78 is 13.2. The number of hydrogen-bond acceptors (Lipinski definition) is 2. The van der Waals surface area contributed by atoms with E-state index in [1.165, 1.54) is 44.2 Å². The van der Waals surface area contributed by atoms with E-state index in [0.29, 0.717) is 5.02 Å². The highest BCUT2D eigenvalue weighted by molar-refractivity contribution is 6.31. The van der Waals surface area contributed by atoms with Crippen molar-refractivity contribution >= 4 is 11.6 Å². The van der Waals surface area contributed by atoms with Gasteiger partial charge in [0.25, 0.3) is 0 Å². The van der Waals surface area contributed by atoms with E-state index < -0.39 is 0 Å². The van der Waals surface area contributed by atoms with Gasteiger partial charge in [0.2, 0.25) is 0 Å². The second kappa shape index (κ2) is 6.00. The minimum Gasteiger partial charge on any atom is -0.314 e. The lowest BCUT2D eigenvalue weighted by Gasteiger charge is -2.50. The van der Waals surface area contributed by atoms with Crippen LogP contribution in [-0.2, 0) is 6.54 Å². The van der Waals surface area contributed by atoms with E-state index in [1.807, 2.05) is 6.07 Å². The molecule has 110 valence electrons. The standard InChI is InChI=1S/C16H22ClFN2/c17-15-10-14(18)5-4-13(15)11-20-9-8-19-12-16(20)6-2-1-3-7-16/h4-5,10,19H,1-3,6-9,11-12H2. The summed E-state index contributed by atoms with van der Waals surface area (Å²) in [6.45, 7) is 3.99. The Hall–Kier alpha value is -0.640. The van der Waals surface area contributed by atoms with Crippen LogP contribution >= 0.6 is 11.6 Å². The molecule has 4 heteroatoms. The first-order valence-electron chi connectivity index (χ1n) is 7.59. The molecule has 20 heavy (non-hydrogen) atoms. The molecular weight excluding hydrogens is 275 g/mol. The van der Waals surface area contributed by atoms with Crippen molar-refractivity contribution in [3.63, 3.8) is 0 Å². The van der Waals surface area contributed by atoms with E-state index in [-0.39, 0.29) is 11.4 Å². The largest absolute Gasteiger partial charge is 0.314 e. The van der Waals surface area contributed by atoms with Crippen LogP contribution in [0.5, 0.6) is 0 Å². The Balaban J connectivity index is 1.79. The van der Waals surface area contributed by atoms with Gasteiger partial charge < -0.3 is 5.32 Å². The fourth-order valence-electron chi connectivity index (χ4n) is 3.69. The van der Waals surface area contributed by atoms with Gasteiger partial charge in [-0.2, -0.15) is 0 Å². The summed E-state index contributed by atoms with van der Waals surface area (Å²) in [4.78, 5) is 2.57. The topological polar surface area (TPSA) is 15.3 Å². The molecule has 2 nitrogen and oxygen atoms in total. The third kappa shape index (κ3) is 2.85. The Labute approximate surface area is 125 Å². The fourth-order valence-corrected chi connectivity index (χ4v) is 3.92. The average Bonchev–Trinajstić information content (AvgIpc) is 2.45. The van der Waals surface area contributed by atoms with E-state index in [0.717, 1.165) is 31.7 Å². The highest BCUT2D eigenvalue weighted by atomic mass is 35.5. The minimum atomic E-state index is -0.258. The number of piperazine rings is 1. The van der Waals surface area contributed by atoms with Gasteiger partial charge in [-0.25, -0.2) is 4.39 Å². The van der Waals surface area contributed by atoms with Crippen molar-refractivity contribution < 1.29 is 4.39 Å². The Bertz CT molecular complexity index is 463. The molecule has 1 N–H and O–H groups in total. The lowest BCUT2D eigenvalue weighted by atomic mass is 9.79. The van der Waals surface area contributed by atoms with Crippen molar-refractivity contribution in [2.75, 3.05) is 19.6 Å². The van der Waals surface area contributed by atoms with Crippen LogP contribution < -0.4 is 5.32 Å². The van der Waals surface area contributed by atoms with Crippen molar-refractivity contribution in [1.82, 2.24) is 10.2 Å². The zero-order valence-corrected chi connectivity index (χ0v) is 12.6. The summed E-state index contributed by atoms with van der Waals surface area (Å²) in [7, 11) is 0. The number of hydrogen-bond donors (Lipinski definition) is 1. The van der Waals surface area contributed by atoms with Crippen molar-refractivity contribution in [1.29, 1.82) is 0 Å². The predicted octanol–water partition coefficient (Wildman–Crippen LogP) is 3.59. The summed E-state index contributed by atoms with van der Waals surface area (Å²) in [6.07, 6.45) is 6.51. The van der Waals surface area contributed by atoms with Crippen LogP contribution in [0.1, 0.15) is 37.7 Å². The molecule has 1 aliphatic heterocycles. The third-order valence-electron chi connectivity index (χ3n) is 4.84.